The Morgan fingerprint density at radius 1 is 1.35 bits per heavy atom. The van der Waals surface area contributed by atoms with Crippen LogP contribution in [0.4, 0.5) is 0 Å². The molecule has 0 aliphatic rings. The molecule has 0 saturated heterocycles. The van der Waals surface area contributed by atoms with Gasteiger partial charge in [0.05, 0.1) is 14.1 Å². The molecule has 0 radical (unpaired) electrons. The summed E-state index contributed by atoms with van der Waals surface area (Å²) in [4.78, 5) is 10.7. The van der Waals surface area contributed by atoms with E-state index in [2.05, 4.69) is 0 Å². The molecule has 1 aromatic rings. The summed E-state index contributed by atoms with van der Waals surface area (Å²) >= 11 is 5.90. The molecular formula is C14H21ClINO3. The van der Waals surface area contributed by atoms with Gasteiger partial charge in [-0.1, -0.05) is 11.6 Å². The van der Waals surface area contributed by atoms with Gasteiger partial charge in [-0.25, -0.2) is 0 Å². The molecule has 0 fully saturated rings. The number of benzene rings is 1. The van der Waals surface area contributed by atoms with E-state index in [1.807, 2.05) is 39.2 Å². The molecule has 0 saturated carbocycles. The molecule has 0 unspecified atom stereocenters. The highest BCUT2D eigenvalue weighted by Crippen LogP contribution is 2.22. The summed E-state index contributed by atoms with van der Waals surface area (Å²) in [7, 11) is 4.05. The second-order valence-corrected chi connectivity index (χ2v) is 5.62. The summed E-state index contributed by atoms with van der Waals surface area (Å²) in [5, 5.41) is 0.702. The third-order valence-corrected chi connectivity index (χ3v) is 2.94. The lowest BCUT2D eigenvalue weighted by Crippen LogP contribution is -3.00. The van der Waals surface area contributed by atoms with Crippen LogP contribution in [0.3, 0.4) is 0 Å². The molecule has 1 aromatic carbocycles. The number of ether oxygens (including phenoxy) is 2. The summed E-state index contributed by atoms with van der Waals surface area (Å²) in [5.41, 5.74) is 1.01. The van der Waals surface area contributed by atoms with Crippen molar-refractivity contribution < 1.29 is 42.7 Å². The van der Waals surface area contributed by atoms with Gasteiger partial charge in [0.2, 0.25) is 6.73 Å². The lowest BCUT2D eigenvalue weighted by atomic mass is 10.2. The number of halogens is 2. The number of carbonyl (C=O) groups is 1. The fourth-order valence-electron chi connectivity index (χ4n) is 1.52. The number of rotatable bonds is 6. The topological polar surface area (TPSA) is 35.5 Å². The van der Waals surface area contributed by atoms with Gasteiger partial charge in [-0.3, -0.25) is 9.28 Å². The molecule has 0 atom stereocenters. The largest absolute Gasteiger partial charge is 1.00 e. The van der Waals surface area contributed by atoms with Crippen LogP contribution < -0.4 is 28.7 Å². The summed E-state index contributed by atoms with van der Waals surface area (Å²) in [6, 6.07) is 5.54. The van der Waals surface area contributed by atoms with Crippen molar-refractivity contribution in [1.82, 2.24) is 0 Å². The van der Waals surface area contributed by atoms with Crippen LogP contribution in [0.15, 0.2) is 18.2 Å². The van der Waals surface area contributed by atoms with Gasteiger partial charge in [0.25, 0.3) is 0 Å². The van der Waals surface area contributed by atoms with E-state index in [-0.39, 0.29) is 29.9 Å². The van der Waals surface area contributed by atoms with E-state index in [1.165, 1.54) is 6.92 Å². The molecule has 1 rings (SSSR count). The molecule has 0 amide bonds. The molecule has 0 aliphatic heterocycles. The minimum absolute atomic E-state index is 0. The van der Waals surface area contributed by atoms with Crippen molar-refractivity contribution in [2.24, 2.45) is 0 Å². The molecule has 20 heavy (non-hydrogen) atoms. The number of esters is 1. The van der Waals surface area contributed by atoms with Crippen LogP contribution in [-0.4, -0.2) is 44.4 Å². The first kappa shape index (κ1) is 19.5. The first-order valence-electron chi connectivity index (χ1n) is 6.14. The summed E-state index contributed by atoms with van der Waals surface area (Å²) in [5.74, 6) is 0.567. The Kier molecular flexibility index (Phi) is 8.46. The minimum Gasteiger partial charge on any atom is -1.00 e. The predicted octanol–water partition coefficient (Wildman–Crippen LogP) is -0.372. The highest BCUT2D eigenvalue weighted by molar-refractivity contribution is 6.30. The Morgan fingerprint density at radius 2 is 2.00 bits per heavy atom. The normalized spacial score (nSPS) is 10.7. The third-order valence-electron chi connectivity index (χ3n) is 2.71. The fourth-order valence-corrected chi connectivity index (χ4v) is 1.75. The smallest absolute Gasteiger partial charge is 0.302 e. The Hall–Kier alpha value is -0.530. The van der Waals surface area contributed by atoms with Crippen molar-refractivity contribution in [2.75, 3.05) is 34.0 Å². The van der Waals surface area contributed by atoms with Crippen LogP contribution in [0.1, 0.15) is 12.5 Å². The maximum atomic E-state index is 10.7. The number of hydrogen-bond donors (Lipinski definition) is 0. The highest BCUT2D eigenvalue weighted by Gasteiger charge is 2.16. The van der Waals surface area contributed by atoms with Gasteiger partial charge in [-0.2, -0.15) is 0 Å². The van der Waals surface area contributed by atoms with Crippen molar-refractivity contribution in [3.8, 4) is 5.75 Å². The fraction of sp³-hybridized carbons (Fsp3) is 0.500. The number of aryl methyl sites for hydroxylation is 1. The van der Waals surface area contributed by atoms with Crippen molar-refractivity contribution in [3.63, 3.8) is 0 Å². The molecule has 0 heterocycles. The first-order valence-corrected chi connectivity index (χ1v) is 6.52. The van der Waals surface area contributed by atoms with Crippen LogP contribution in [-0.2, 0) is 9.53 Å². The highest BCUT2D eigenvalue weighted by atomic mass is 127. The second-order valence-electron chi connectivity index (χ2n) is 5.18. The number of likely N-dealkylation sites (N-methyl/N-ethyl adjacent to an activating group) is 1. The lowest BCUT2D eigenvalue weighted by Gasteiger charge is -2.29. The number of quaternary nitrogens is 1. The van der Waals surface area contributed by atoms with Gasteiger partial charge < -0.3 is 33.5 Å². The molecule has 114 valence electrons. The zero-order chi connectivity index (χ0) is 14.5. The maximum absolute atomic E-state index is 10.7. The van der Waals surface area contributed by atoms with Crippen LogP contribution in [0, 0.1) is 6.92 Å². The van der Waals surface area contributed by atoms with E-state index in [0.29, 0.717) is 29.4 Å². The van der Waals surface area contributed by atoms with E-state index in [0.717, 1.165) is 11.3 Å². The van der Waals surface area contributed by atoms with E-state index >= 15 is 0 Å². The lowest BCUT2D eigenvalue weighted by molar-refractivity contribution is -0.905. The monoisotopic (exact) mass is 413 g/mol. The Bertz CT molecular complexity index is 452. The van der Waals surface area contributed by atoms with E-state index in [9.17, 15) is 4.79 Å². The van der Waals surface area contributed by atoms with E-state index in [4.69, 9.17) is 21.1 Å². The molecule has 0 aromatic heterocycles. The average molecular weight is 414 g/mol. The number of hydrogen-bond acceptors (Lipinski definition) is 3. The van der Waals surface area contributed by atoms with E-state index in [1.54, 1.807) is 0 Å². The quantitative estimate of drug-likeness (QED) is 0.276. The van der Waals surface area contributed by atoms with Gasteiger partial charge in [-0.05, 0) is 30.7 Å². The second kappa shape index (κ2) is 8.69. The summed E-state index contributed by atoms with van der Waals surface area (Å²) in [6.45, 7) is 4.97. The van der Waals surface area contributed by atoms with Crippen LogP contribution in [0.2, 0.25) is 5.02 Å². The third kappa shape index (κ3) is 7.31. The maximum Gasteiger partial charge on any atom is 0.302 e. The predicted molar refractivity (Wildman–Crippen MR) is 75.3 cm³/mol. The zero-order valence-corrected chi connectivity index (χ0v) is 15.2. The summed E-state index contributed by atoms with van der Waals surface area (Å²) < 4.78 is 11.3. The Labute approximate surface area is 142 Å². The van der Waals surface area contributed by atoms with Crippen molar-refractivity contribution >= 4 is 17.6 Å². The van der Waals surface area contributed by atoms with Crippen LogP contribution in [0.25, 0.3) is 0 Å². The van der Waals surface area contributed by atoms with Crippen LogP contribution in [0.5, 0.6) is 5.75 Å². The molecule has 0 N–H and O–H groups in total. The van der Waals surface area contributed by atoms with Crippen molar-refractivity contribution in [3.05, 3.63) is 28.8 Å². The van der Waals surface area contributed by atoms with Crippen molar-refractivity contribution in [2.45, 2.75) is 13.8 Å². The van der Waals surface area contributed by atoms with Gasteiger partial charge in [0.15, 0.2) is 0 Å². The molecule has 0 spiro atoms. The van der Waals surface area contributed by atoms with Gasteiger partial charge >= 0.3 is 5.97 Å². The van der Waals surface area contributed by atoms with E-state index < -0.39 is 0 Å². The Balaban J connectivity index is 0.00000361. The molecule has 4 nitrogen and oxygen atoms in total. The molecular weight excluding hydrogens is 393 g/mol. The summed E-state index contributed by atoms with van der Waals surface area (Å²) in [6.07, 6.45) is 0. The first-order chi connectivity index (χ1) is 8.80. The SMILES string of the molecule is CC(=O)OCC[N+](C)(C)COc1ccc(Cl)cc1C.[I-]. The van der Waals surface area contributed by atoms with Crippen LogP contribution >= 0.6 is 11.6 Å². The minimum atomic E-state index is -0.255. The Morgan fingerprint density at radius 3 is 2.55 bits per heavy atom. The molecule has 0 bridgehead atoms. The zero-order valence-electron chi connectivity index (χ0n) is 12.3. The molecule has 6 heteroatoms. The van der Waals surface area contributed by atoms with Crippen molar-refractivity contribution in [1.29, 1.82) is 0 Å². The molecule has 0 aliphatic carbocycles. The van der Waals surface area contributed by atoms with Gasteiger partial charge in [-0.15, -0.1) is 0 Å². The standard InChI is InChI=1S/C14H21ClNO3.HI/c1-11-9-13(15)5-6-14(11)19-10-16(3,4)7-8-18-12(2)17;/h5-6,9H,7-8,10H2,1-4H3;1H/q+1;/p-1. The number of carbonyl (C=O) groups excluding carboxylic acids is 1. The van der Waals surface area contributed by atoms with Gasteiger partial charge in [0, 0.05) is 11.9 Å². The average Bonchev–Trinajstić information content (AvgIpc) is 2.27. The van der Waals surface area contributed by atoms with Gasteiger partial charge in [0.1, 0.15) is 18.9 Å². The number of nitrogens with zero attached hydrogens (tertiary/aromatic N) is 1.